The zero-order valence-electron chi connectivity index (χ0n) is 17.0. The summed E-state index contributed by atoms with van der Waals surface area (Å²) in [5, 5.41) is 0.790. The molecule has 0 radical (unpaired) electrons. The number of carbonyl (C=O) groups is 1. The van der Waals surface area contributed by atoms with Gasteiger partial charge in [0.1, 0.15) is 11.3 Å². The Balaban J connectivity index is 1.70. The van der Waals surface area contributed by atoms with Crippen LogP contribution in [0.1, 0.15) is 33.3 Å². The lowest BCUT2D eigenvalue weighted by Crippen LogP contribution is -2.29. The van der Waals surface area contributed by atoms with Crippen LogP contribution in [0.2, 0.25) is 5.02 Å². The van der Waals surface area contributed by atoms with Gasteiger partial charge < -0.3 is 14.1 Å². The molecule has 0 N–H and O–H groups in total. The number of amides is 1. The second kappa shape index (κ2) is 8.11. The van der Waals surface area contributed by atoms with E-state index >= 15 is 0 Å². The summed E-state index contributed by atoms with van der Waals surface area (Å²) in [7, 11) is 1.60. The first-order valence-electron chi connectivity index (χ1n) is 9.92. The second-order valence-electron chi connectivity index (χ2n) is 7.55. The van der Waals surface area contributed by atoms with Crippen molar-refractivity contribution >= 4 is 44.4 Å². The van der Waals surface area contributed by atoms with E-state index in [1.54, 1.807) is 30.2 Å². The van der Waals surface area contributed by atoms with Crippen molar-refractivity contribution in [3.8, 4) is 5.75 Å². The molecular weight excluding hydrogens is 494 g/mol. The maximum Gasteiger partial charge on any atom is 0.291 e. The molecule has 2 heterocycles. The largest absolute Gasteiger partial charge is 0.497 e. The third-order valence-electron chi connectivity index (χ3n) is 5.60. The van der Waals surface area contributed by atoms with Crippen LogP contribution in [0.5, 0.6) is 5.75 Å². The van der Waals surface area contributed by atoms with Crippen molar-refractivity contribution in [1.82, 2.24) is 4.90 Å². The molecule has 0 spiro atoms. The molecule has 0 bridgehead atoms. The highest BCUT2D eigenvalue weighted by Gasteiger charge is 2.42. The number of hydrogen-bond donors (Lipinski definition) is 0. The van der Waals surface area contributed by atoms with E-state index in [1.807, 2.05) is 48.5 Å². The molecule has 1 atom stereocenters. The minimum atomic E-state index is -0.586. The molecule has 1 aliphatic rings. The molecule has 0 aliphatic carbocycles. The van der Waals surface area contributed by atoms with Gasteiger partial charge in [-0.3, -0.25) is 9.59 Å². The summed E-state index contributed by atoms with van der Waals surface area (Å²) >= 11 is 9.63. The highest BCUT2D eigenvalue weighted by molar-refractivity contribution is 9.10. The predicted molar refractivity (Wildman–Crippen MR) is 126 cm³/mol. The average Bonchev–Trinajstić information content (AvgIpc) is 3.07. The molecule has 1 amide bonds. The molecule has 160 valence electrons. The fourth-order valence-corrected chi connectivity index (χ4v) is 4.70. The highest BCUT2D eigenvalue weighted by Crippen LogP contribution is 2.40. The van der Waals surface area contributed by atoms with E-state index < -0.39 is 6.04 Å². The highest BCUT2D eigenvalue weighted by atomic mass is 79.9. The van der Waals surface area contributed by atoms with Crippen molar-refractivity contribution in [3.63, 3.8) is 0 Å². The van der Waals surface area contributed by atoms with Crippen LogP contribution in [-0.4, -0.2) is 17.9 Å². The van der Waals surface area contributed by atoms with E-state index in [4.69, 9.17) is 20.8 Å². The van der Waals surface area contributed by atoms with Gasteiger partial charge in [0.2, 0.25) is 5.76 Å². The Morgan fingerprint density at radius 3 is 2.56 bits per heavy atom. The SMILES string of the molecule is COc1ccc(CN2C(=O)c3oc4ccc(Cl)cc4c(=O)c3C2c2cccc(Br)c2)cc1. The van der Waals surface area contributed by atoms with Crippen molar-refractivity contribution in [2.24, 2.45) is 0 Å². The first-order chi connectivity index (χ1) is 15.5. The van der Waals surface area contributed by atoms with Gasteiger partial charge in [-0.1, -0.05) is 51.8 Å². The van der Waals surface area contributed by atoms with Gasteiger partial charge in [0, 0.05) is 16.0 Å². The van der Waals surface area contributed by atoms with Gasteiger partial charge in [0.05, 0.1) is 24.1 Å². The first-order valence-corrected chi connectivity index (χ1v) is 11.1. The zero-order valence-corrected chi connectivity index (χ0v) is 19.3. The lowest BCUT2D eigenvalue weighted by Gasteiger charge is -2.25. The standard InChI is InChI=1S/C25H17BrClNO4/c1-31-18-8-5-14(6-9-18)13-28-22(15-3-2-4-16(26)11-15)21-23(29)19-12-17(27)7-10-20(19)32-24(21)25(28)30/h2-12,22H,13H2,1H3. The van der Waals surface area contributed by atoms with Crippen LogP contribution < -0.4 is 10.2 Å². The number of methoxy groups -OCH3 is 1. The number of halogens is 2. The molecule has 5 rings (SSSR count). The molecule has 1 aliphatic heterocycles. The predicted octanol–water partition coefficient (Wildman–Crippen LogP) is 5.96. The van der Waals surface area contributed by atoms with Crippen molar-refractivity contribution in [2.75, 3.05) is 7.11 Å². The average molecular weight is 511 g/mol. The molecule has 0 fully saturated rings. The Labute approximate surface area is 197 Å². The molecule has 0 saturated carbocycles. The first kappa shape index (κ1) is 20.8. The fraction of sp³-hybridized carbons (Fsp3) is 0.120. The molecule has 1 unspecified atom stereocenters. The summed E-state index contributed by atoms with van der Waals surface area (Å²) < 4.78 is 12.0. The van der Waals surface area contributed by atoms with Crippen LogP contribution >= 0.6 is 27.5 Å². The molecular formula is C25H17BrClNO4. The summed E-state index contributed by atoms with van der Waals surface area (Å²) in [6, 6.07) is 19.3. The lowest BCUT2D eigenvalue weighted by atomic mass is 9.98. The number of nitrogens with zero attached hydrogens (tertiary/aromatic N) is 1. The maximum atomic E-state index is 13.5. The number of benzene rings is 3. The van der Waals surface area contributed by atoms with E-state index in [0.29, 0.717) is 28.1 Å². The van der Waals surface area contributed by atoms with Gasteiger partial charge in [-0.25, -0.2) is 0 Å². The second-order valence-corrected chi connectivity index (χ2v) is 8.91. The van der Waals surface area contributed by atoms with Crippen molar-refractivity contribution in [2.45, 2.75) is 12.6 Å². The van der Waals surface area contributed by atoms with E-state index in [-0.39, 0.29) is 17.1 Å². The van der Waals surface area contributed by atoms with E-state index in [2.05, 4.69) is 15.9 Å². The normalized spacial score (nSPS) is 15.3. The molecule has 0 saturated heterocycles. The quantitative estimate of drug-likeness (QED) is 0.340. The molecule has 4 aromatic rings. The van der Waals surface area contributed by atoms with Crippen molar-refractivity contribution < 1.29 is 13.9 Å². The molecule has 3 aromatic carbocycles. The smallest absolute Gasteiger partial charge is 0.291 e. The Morgan fingerprint density at radius 1 is 1.06 bits per heavy atom. The molecule has 7 heteroatoms. The van der Waals surface area contributed by atoms with E-state index in [0.717, 1.165) is 21.3 Å². The number of ether oxygens (including phenoxy) is 1. The maximum absolute atomic E-state index is 13.5. The summed E-state index contributed by atoms with van der Waals surface area (Å²) in [6.45, 7) is 0.306. The number of rotatable bonds is 4. The Hall–Kier alpha value is -3.09. The molecule has 32 heavy (non-hydrogen) atoms. The molecule has 1 aromatic heterocycles. The van der Waals surface area contributed by atoms with E-state index in [9.17, 15) is 9.59 Å². The van der Waals surface area contributed by atoms with Crippen LogP contribution in [-0.2, 0) is 6.54 Å². The number of carbonyl (C=O) groups excluding carboxylic acids is 1. The van der Waals surface area contributed by atoms with Gasteiger partial charge in [0.15, 0.2) is 5.43 Å². The van der Waals surface area contributed by atoms with Crippen LogP contribution in [0.3, 0.4) is 0 Å². The summed E-state index contributed by atoms with van der Waals surface area (Å²) in [5.41, 5.74) is 2.14. The van der Waals surface area contributed by atoms with Crippen LogP contribution in [0.15, 0.2) is 80.4 Å². The minimum absolute atomic E-state index is 0.0725. The van der Waals surface area contributed by atoms with Crippen LogP contribution in [0.4, 0.5) is 0 Å². The minimum Gasteiger partial charge on any atom is -0.497 e. The summed E-state index contributed by atoms with van der Waals surface area (Å²) in [5.74, 6) is 0.478. The topological polar surface area (TPSA) is 59.8 Å². The number of fused-ring (bicyclic) bond motifs is 2. The third kappa shape index (κ3) is 3.49. The Bertz CT molecular complexity index is 1410. The third-order valence-corrected chi connectivity index (χ3v) is 6.33. The fourth-order valence-electron chi connectivity index (χ4n) is 4.11. The van der Waals surface area contributed by atoms with Gasteiger partial charge in [-0.2, -0.15) is 0 Å². The van der Waals surface area contributed by atoms with Gasteiger partial charge in [-0.15, -0.1) is 0 Å². The van der Waals surface area contributed by atoms with E-state index in [1.165, 1.54) is 0 Å². The van der Waals surface area contributed by atoms with Gasteiger partial charge in [-0.05, 0) is 53.6 Å². The van der Waals surface area contributed by atoms with Crippen LogP contribution in [0, 0.1) is 0 Å². The zero-order chi connectivity index (χ0) is 22.4. The lowest BCUT2D eigenvalue weighted by molar-refractivity contribution is 0.0714. The number of hydrogen-bond acceptors (Lipinski definition) is 4. The monoisotopic (exact) mass is 509 g/mol. The Kier molecular flexibility index (Phi) is 5.27. The van der Waals surface area contributed by atoms with Crippen LogP contribution in [0.25, 0.3) is 11.0 Å². The molecule has 5 nitrogen and oxygen atoms in total. The van der Waals surface area contributed by atoms with Gasteiger partial charge in [0.25, 0.3) is 5.91 Å². The van der Waals surface area contributed by atoms with Gasteiger partial charge >= 0.3 is 0 Å². The summed E-state index contributed by atoms with van der Waals surface area (Å²) in [6.07, 6.45) is 0. The van der Waals surface area contributed by atoms with Crippen molar-refractivity contribution in [1.29, 1.82) is 0 Å². The van der Waals surface area contributed by atoms with Crippen molar-refractivity contribution in [3.05, 3.63) is 109 Å². The summed E-state index contributed by atoms with van der Waals surface area (Å²) in [4.78, 5) is 28.7. The Morgan fingerprint density at radius 2 is 1.84 bits per heavy atom.